The highest BCUT2D eigenvalue weighted by atomic mass is 32.2. The van der Waals surface area contributed by atoms with Crippen molar-refractivity contribution in [3.63, 3.8) is 0 Å². The normalized spacial score (nSPS) is 23.9. The zero-order chi connectivity index (χ0) is 13.7. The summed E-state index contributed by atoms with van der Waals surface area (Å²) in [5.41, 5.74) is 0. The van der Waals surface area contributed by atoms with Gasteiger partial charge in [-0.1, -0.05) is 36.1 Å². The number of rotatable bonds is 4. The molecular weight excluding hydrogens is 268 g/mol. The van der Waals surface area contributed by atoms with Crippen molar-refractivity contribution in [1.29, 1.82) is 0 Å². The minimum absolute atomic E-state index is 0.0537. The number of aliphatic hydroxyl groups excluding tert-OH is 1. The number of hydrogen-bond acceptors (Lipinski definition) is 7. The van der Waals surface area contributed by atoms with Gasteiger partial charge >= 0.3 is 11.9 Å². The highest BCUT2D eigenvalue weighted by molar-refractivity contribution is 7.99. The molecular formula is C12H18N2O4S. The lowest BCUT2D eigenvalue weighted by Crippen LogP contribution is -2.21. The molecule has 1 aromatic heterocycles. The largest absolute Gasteiger partial charge is 0.459 e. The van der Waals surface area contributed by atoms with Crippen LogP contribution in [0.3, 0.4) is 0 Å². The number of ether oxygens (including phenoxy) is 1. The number of aliphatic hydroxyl groups is 1. The molecule has 0 radical (unpaired) electrons. The molecule has 0 spiro atoms. The fraction of sp³-hybridized carbons (Fsp3) is 0.750. The van der Waals surface area contributed by atoms with Gasteiger partial charge in [0.15, 0.2) is 0 Å². The molecule has 1 heterocycles. The fourth-order valence-corrected chi connectivity index (χ4v) is 3.11. The fourth-order valence-electron chi connectivity index (χ4n) is 2.05. The minimum Gasteiger partial charge on any atom is -0.459 e. The lowest BCUT2D eigenvalue weighted by atomic mass is 10.1. The second-order valence-electron chi connectivity index (χ2n) is 4.46. The van der Waals surface area contributed by atoms with Crippen molar-refractivity contribution in [3.05, 3.63) is 5.89 Å². The molecule has 1 aliphatic rings. The van der Waals surface area contributed by atoms with Gasteiger partial charge in [0.25, 0.3) is 5.22 Å². The highest BCUT2D eigenvalue weighted by Crippen LogP contribution is 2.32. The molecule has 0 amide bonds. The van der Waals surface area contributed by atoms with E-state index in [1.54, 1.807) is 6.92 Å². The molecule has 2 atom stereocenters. The molecule has 1 aliphatic carbocycles. The molecule has 106 valence electrons. The van der Waals surface area contributed by atoms with E-state index >= 15 is 0 Å². The first-order valence-corrected chi connectivity index (χ1v) is 7.44. The maximum atomic E-state index is 11.4. The zero-order valence-electron chi connectivity index (χ0n) is 10.9. The summed E-state index contributed by atoms with van der Waals surface area (Å²) in [6.45, 7) is 1.98. The van der Waals surface area contributed by atoms with Crippen LogP contribution >= 0.6 is 11.8 Å². The summed E-state index contributed by atoms with van der Waals surface area (Å²) in [6.07, 6.45) is 4.65. The Labute approximate surface area is 115 Å². The van der Waals surface area contributed by atoms with E-state index in [2.05, 4.69) is 10.2 Å². The van der Waals surface area contributed by atoms with E-state index in [0.717, 1.165) is 32.1 Å². The van der Waals surface area contributed by atoms with E-state index in [4.69, 9.17) is 9.15 Å². The first-order chi connectivity index (χ1) is 9.20. The number of thioether (sulfide) groups is 1. The van der Waals surface area contributed by atoms with Crippen LogP contribution in [0.5, 0.6) is 0 Å². The van der Waals surface area contributed by atoms with Gasteiger partial charge in [-0.25, -0.2) is 4.79 Å². The van der Waals surface area contributed by atoms with E-state index in [1.165, 1.54) is 11.8 Å². The molecule has 6 nitrogen and oxygen atoms in total. The topological polar surface area (TPSA) is 85.5 Å². The van der Waals surface area contributed by atoms with Crippen LogP contribution in [0, 0.1) is 0 Å². The average molecular weight is 286 g/mol. The Morgan fingerprint density at radius 3 is 3.00 bits per heavy atom. The number of esters is 1. The van der Waals surface area contributed by atoms with Gasteiger partial charge in [0, 0.05) is 5.25 Å². The molecule has 0 aliphatic heterocycles. The maximum absolute atomic E-state index is 11.4. The number of hydrogen-bond donors (Lipinski definition) is 1. The molecule has 0 bridgehead atoms. The van der Waals surface area contributed by atoms with Gasteiger partial charge in [0.2, 0.25) is 0 Å². The predicted molar refractivity (Wildman–Crippen MR) is 69.0 cm³/mol. The van der Waals surface area contributed by atoms with Crippen molar-refractivity contribution in [2.24, 2.45) is 0 Å². The summed E-state index contributed by atoms with van der Waals surface area (Å²) in [6, 6.07) is 0. The van der Waals surface area contributed by atoms with Crippen molar-refractivity contribution in [2.75, 3.05) is 6.61 Å². The average Bonchev–Trinajstić information content (AvgIpc) is 2.76. The summed E-state index contributed by atoms with van der Waals surface area (Å²) in [5.74, 6) is -0.740. The third-order valence-corrected chi connectivity index (χ3v) is 4.25. The summed E-state index contributed by atoms with van der Waals surface area (Å²) in [5, 5.41) is 17.8. The van der Waals surface area contributed by atoms with Gasteiger partial charge in [0.05, 0.1) is 12.7 Å². The van der Waals surface area contributed by atoms with Crippen molar-refractivity contribution >= 4 is 17.7 Å². The van der Waals surface area contributed by atoms with Crippen LogP contribution < -0.4 is 0 Å². The van der Waals surface area contributed by atoms with E-state index in [9.17, 15) is 9.90 Å². The second kappa shape index (κ2) is 6.91. The first-order valence-electron chi connectivity index (χ1n) is 6.56. The van der Waals surface area contributed by atoms with Crippen molar-refractivity contribution < 1.29 is 19.1 Å². The van der Waals surface area contributed by atoms with E-state index < -0.39 is 5.97 Å². The monoisotopic (exact) mass is 286 g/mol. The first kappa shape index (κ1) is 14.3. The second-order valence-corrected chi connectivity index (χ2v) is 5.65. The predicted octanol–water partition coefficient (Wildman–Crippen LogP) is 2.03. The molecule has 19 heavy (non-hydrogen) atoms. The van der Waals surface area contributed by atoms with E-state index in [0.29, 0.717) is 5.22 Å². The lowest BCUT2D eigenvalue weighted by Gasteiger charge is -2.17. The van der Waals surface area contributed by atoms with Crippen LogP contribution in [0.2, 0.25) is 0 Å². The Balaban J connectivity index is 1.96. The van der Waals surface area contributed by atoms with Crippen molar-refractivity contribution in [1.82, 2.24) is 10.2 Å². The number of carbonyl (C=O) groups is 1. The van der Waals surface area contributed by atoms with Crippen LogP contribution in [0.15, 0.2) is 9.64 Å². The Hall–Kier alpha value is -1.08. The lowest BCUT2D eigenvalue weighted by molar-refractivity contribution is 0.0475. The molecule has 2 unspecified atom stereocenters. The van der Waals surface area contributed by atoms with Gasteiger partial charge in [-0.2, -0.15) is 0 Å². The van der Waals surface area contributed by atoms with Crippen molar-refractivity contribution in [3.8, 4) is 0 Å². The number of carbonyl (C=O) groups excluding carboxylic acids is 1. The molecule has 0 aromatic carbocycles. The van der Waals surface area contributed by atoms with Gasteiger partial charge in [-0.15, -0.1) is 5.10 Å². The Morgan fingerprint density at radius 1 is 1.42 bits per heavy atom. The smallest absolute Gasteiger partial charge is 0.396 e. The molecule has 0 saturated heterocycles. The summed E-state index contributed by atoms with van der Waals surface area (Å²) < 4.78 is 10.0. The standard InChI is InChI=1S/C12H18N2O4S/c1-2-17-11(16)10-13-14-12(18-10)19-9-7-5-3-4-6-8(9)15/h8-9,15H,2-7H2,1H3. The Morgan fingerprint density at radius 2 is 2.21 bits per heavy atom. The van der Waals surface area contributed by atoms with Crippen LogP contribution in [-0.4, -0.2) is 39.2 Å². The van der Waals surface area contributed by atoms with Gasteiger partial charge in [-0.3, -0.25) is 0 Å². The SMILES string of the molecule is CCOC(=O)c1nnc(SC2CCCCCC2O)o1. The number of aromatic nitrogens is 2. The number of nitrogens with zero attached hydrogens (tertiary/aromatic N) is 2. The summed E-state index contributed by atoms with van der Waals surface area (Å²) in [4.78, 5) is 11.4. The summed E-state index contributed by atoms with van der Waals surface area (Å²) in [7, 11) is 0. The van der Waals surface area contributed by atoms with Crippen molar-refractivity contribution in [2.45, 2.75) is 55.6 Å². The maximum Gasteiger partial charge on any atom is 0.396 e. The van der Waals surface area contributed by atoms with E-state index in [1.807, 2.05) is 0 Å². The van der Waals surface area contributed by atoms with Gasteiger partial charge in [-0.05, 0) is 19.8 Å². The minimum atomic E-state index is -0.608. The zero-order valence-corrected chi connectivity index (χ0v) is 11.7. The molecule has 7 heteroatoms. The molecule has 1 N–H and O–H groups in total. The molecule has 1 fully saturated rings. The molecule has 1 saturated carbocycles. The van der Waals surface area contributed by atoms with Crippen LogP contribution in [0.4, 0.5) is 0 Å². The van der Waals surface area contributed by atoms with Crippen LogP contribution in [0.25, 0.3) is 0 Å². The summed E-state index contributed by atoms with van der Waals surface area (Å²) >= 11 is 1.34. The Kier molecular flexibility index (Phi) is 5.21. The van der Waals surface area contributed by atoms with Gasteiger partial charge in [0.1, 0.15) is 0 Å². The van der Waals surface area contributed by atoms with E-state index in [-0.39, 0.29) is 23.9 Å². The van der Waals surface area contributed by atoms with Gasteiger partial charge < -0.3 is 14.3 Å². The Bertz CT molecular complexity index is 424. The third-order valence-electron chi connectivity index (χ3n) is 3.03. The van der Waals surface area contributed by atoms with Crippen LogP contribution in [0.1, 0.15) is 49.7 Å². The quantitative estimate of drug-likeness (QED) is 0.669. The third kappa shape index (κ3) is 3.94. The molecule has 2 rings (SSSR count). The highest BCUT2D eigenvalue weighted by Gasteiger charge is 2.25. The van der Waals surface area contributed by atoms with Crippen LogP contribution in [-0.2, 0) is 4.74 Å². The molecule has 1 aromatic rings.